The summed E-state index contributed by atoms with van der Waals surface area (Å²) in [5.41, 5.74) is 4.57. The van der Waals surface area contributed by atoms with Crippen molar-refractivity contribution in [2.75, 3.05) is 13.1 Å². The lowest BCUT2D eigenvalue weighted by Crippen LogP contribution is -2.31. The first-order chi connectivity index (χ1) is 14.2. The normalized spacial score (nSPS) is 17.1. The minimum Gasteiger partial charge on any atom is -0.460 e. The van der Waals surface area contributed by atoms with Crippen LogP contribution in [0.3, 0.4) is 0 Å². The number of benzene rings is 1. The molecule has 0 spiro atoms. The molecule has 5 rings (SSSR count). The molecule has 2 aromatic heterocycles. The standard InChI is InChI=1S/C23H23BrN4O/c24-18-6-4-16(5-7-18)22-9-8-19(29-22)15-28-12-10-20-17(14-28)13-26-23(27-20)21-3-1-2-11-25-21/h4-9,13H,1-3,10-12,14-15H2. The number of furan rings is 1. The van der Waals surface area contributed by atoms with Crippen molar-refractivity contribution in [2.24, 2.45) is 4.99 Å². The van der Waals surface area contributed by atoms with Gasteiger partial charge in [-0.2, -0.15) is 0 Å². The molecule has 5 nitrogen and oxygen atoms in total. The predicted octanol–water partition coefficient (Wildman–Crippen LogP) is 5.03. The zero-order valence-electron chi connectivity index (χ0n) is 16.3. The monoisotopic (exact) mass is 450 g/mol. The van der Waals surface area contributed by atoms with Gasteiger partial charge in [-0.25, -0.2) is 9.97 Å². The average Bonchev–Trinajstić information content (AvgIpc) is 3.23. The van der Waals surface area contributed by atoms with E-state index in [0.29, 0.717) is 0 Å². The smallest absolute Gasteiger partial charge is 0.173 e. The van der Waals surface area contributed by atoms with Crippen molar-refractivity contribution in [2.45, 2.75) is 38.8 Å². The third-order valence-electron chi connectivity index (χ3n) is 5.57. The fraction of sp³-hybridized carbons (Fsp3) is 0.348. The third-order valence-corrected chi connectivity index (χ3v) is 6.09. The second kappa shape index (κ2) is 8.20. The Labute approximate surface area is 179 Å². The molecule has 0 saturated carbocycles. The van der Waals surface area contributed by atoms with E-state index in [1.807, 2.05) is 18.3 Å². The lowest BCUT2D eigenvalue weighted by molar-refractivity contribution is 0.224. The van der Waals surface area contributed by atoms with Crippen molar-refractivity contribution in [3.8, 4) is 11.3 Å². The summed E-state index contributed by atoms with van der Waals surface area (Å²) in [6.45, 7) is 3.54. The number of hydrogen-bond donors (Lipinski definition) is 0. The molecule has 29 heavy (non-hydrogen) atoms. The lowest BCUT2D eigenvalue weighted by Gasteiger charge is -2.27. The zero-order chi connectivity index (χ0) is 19.6. The first kappa shape index (κ1) is 18.7. The van der Waals surface area contributed by atoms with Gasteiger partial charge in [-0.3, -0.25) is 9.89 Å². The van der Waals surface area contributed by atoms with Crippen molar-refractivity contribution >= 4 is 21.6 Å². The SMILES string of the molecule is Brc1ccc(-c2ccc(CN3CCc4nc(C5=NCCCC5)ncc4C3)o2)cc1. The third kappa shape index (κ3) is 4.19. The lowest BCUT2D eigenvalue weighted by atomic mass is 10.1. The Morgan fingerprint density at radius 3 is 2.76 bits per heavy atom. The molecule has 1 aromatic carbocycles. The minimum absolute atomic E-state index is 0.796. The van der Waals surface area contributed by atoms with Crippen molar-refractivity contribution in [3.63, 3.8) is 0 Å². The number of rotatable bonds is 4. The summed E-state index contributed by atoms with van der Waals surface area (Å²) in [6.07, 6.45) is 6.32. The Balaban J connectivity index is 1.27. The number of nitrogens with zero attached hydrogens (tertiary/aromatic N) is 4. The predicted molar refractivity (Wildman–Crippen MR) is 117 cm³/mol. The highest BCUT2D eigenvalue weighted by Crippen LogP contribution is 2.26. The van der Waals surface area contributed by atoms with E-state index in [1.54, 1.807) is 0 Å². The molecular formula is C23H23BrN4O. The van der Waals surface area contributed by atoms with Gasteiger partial charge in [0, 0.05) is 47.9 Å². The molecule has 148 valence electrons. The van der Waals surface area contributed by atoms with Gasteiger partial charge in [0.15, 0.2) is 5.82 Å². The zero-order valence-corrected chi connectivity index (χ0v) is 17.9. The molecule has 0 radical (unpaired) electrons. The highest BCUT2D eigenvalue weighted by Gasteiger charge is 2.21. The Morgan fingerprint density at radius 2 is 1.93 bits per heavy atom. The van der Waals surface area contributed by atoms with Crippen molar-refractivity contribution in [3.05, 3.63) is 69.9 Å². The molecule has 0 saturated heterocycles. The van der Waals surface area contributed by atoms with Crippen LogP contribution in [0.1, 0.15) is 42.1 Å². The van der Waals surface area contributed by atoms with Gasteiger partial charge >= 0.3 is 0 Å². The highest BCUT2D eigenvalue weighted by atomic mass is 79.9. The summed E-state index contributed by atoms with van der Waals surface area (Å²) in [4.78, 5) is 16.5. The van der Waals surface area contributed by atoms with Crippen molar-refractivity contribution in [1.29, 1.82) is 0 Å². The molecule has 4 heterocycles. The van der Waals surface area contributed by atoms with E-state index < -0.39 is 0 Å². The van der Waals surface area contributed by atoms with Crippen molar-refractivity contribution in [1.82, 2.24) is 14.9 Å². The maximum atomic E-state index is 6.09. The van der Waals surface area contributed by atoms with E-state index in [0.717, 1.165) is 72.1 Å². The van der Waals surface area contributed by atoms with Crippen LogP contribution in [0, 0.1) is 0 Å². The van der Waals surface area contributed by atoms with Gasteiger partial charge in [0.1, 0.15) is 11.5 Å². The largest absolute Gasteiger partial charge is 0.460 e. The summed E-state index contributed by atoms with van der Waals surface area (Å²) >= 11 is 3.48. The summed E-state index contributed by atoms with van der Waals surface area (Å²) in [5.74, 6) is 2.73. The average molecular weight is 451 g/mol. The first-order valence-corrected chi connectivity index (χ1v) is 11.0. The van der Waals surface area contributed by atoms with E-state index >= 15 is 0 Å². The van der Waals surface area contributed by atoms with Crippen LogP contribution in [0.25, 0.3) is 11.3 Å². The van der Waals surface area contributed by atoms with Crippen LogP contribution in [0.15, 0.2) is 56.5 Å². The van der Waals surface area contributed by atoms with Crippen LogP contribution >= 0.6 is 15.9 Å². The highest BCUT2D eigenvalue weighted by molar-refractivity contribution is 9.10. The van der Waals surface area contributed by atoms with Crippen LogP contribution in [-0.2, 0) is 19.5 Å². The van der Waals surface area contributed by atoms with Gasteiger partial charge in [0.2, 0.25) is 0 Å². The van der Waals surface area contributed by atoms with E-state index in [9.17, 15) is 0 Å². The first-order valence-electron chi connectivity index (χ1n) is 10.2. The van der Waals surface area contributed by atoms with Gasteiger partial charge in [-0.1, -0.05) is 28.1 Å². The fourth-order valence-corrected chi connectivity index (χ4v) is 4.25. The summed E-state index contributed by atoms with van der Waals surface area (Å²) in [7, 11) is 0. The summed E-state index contributed by atoms with van der Waals surface area (Å²) in [6, 6.07) is 12.3. The molecule has 6 heteroatoms. The fourth-order valence-electron chi connectivity index (χ4n) is 3.98. The van der Waals surface area contributed by atoms with Crippen LogP contribution in [0.2, 0.25) is 0 Å². The number of aromatic nitrogens is 2. The number of aliphatic imine (C=N–C) groups is 1. The van der Waals surface area contributed by atoms with E-state index in [2.05, 4.69) is 55.1 Å². The van der Waals surface area contributed by atoms with Gasteiger partial charge in [0.25, 0.3) is 0 Å². The van der Waals surface area contributed by atoms with Gasteiger partial charge in [0.05, 0.1) is 18.0 Å². The van der Waals surface area contributed by atoms with Crippen molar-refractivity contribution < 1.29 is 4.42 Å². The Kier molecular flexibility index (Phi) is 5.29. The number of halogens is 1. The van der Waals surface area contributed by atoms with Crippen LogP contribution in [-0.4, -0.2) is 33.7 Å². The molecule has 0 N–H and O–H groups in total. The molecular weight excluding hydrogens is 428 g/mol. The van der Waals surface area contributed by atoms with E-state index in [-0.39, 0.29) is 0 Å². The maximum Gasteiger partial charge on any atom is 0.173 e. The summed E-state index contributed by atoms with van der Waals surface area (Å²) < 4.78 is 7.17. The summed E-state index contributed by atoms with van der Waals surface area (Å²) in [5, 5.41) is 0. The minimum atomic E-state index is 0.796. The van der Waals surface area contributed by atoms with Gasteiger partial charge < -0.3 is 4.42 Å². The molecule has 0 atom stereocenters. The van der Waals surface area contributed by atoms with Crippen LogP contribution < -0.4 is 0 Å². The molecule has 0 aliphatic carbocycles. The quantitative estimate of drug-likeness (QED) is 0.559. The van der Waals surface area contributed by atoms with Crippen LogP contribution in [0.5, 0.6) is 0 Å². The number of hydrogen-bond acceptors (Lipinski definition) is 5. The maximum absolute atomic E-state index is 6.09. The molecule has 0 bridgehead atoms. The van der Waals surface area contributed by atoms with Crippen LogP contribution in [0.4, 0.5) is 0 Å². The topological polar surface area (TPSA) is 54.5 Å². The Hall–Kier alpha value is -2.31. The second-order valence-corrected chi connectivity index (χ2v) is 8.60. The molecule has 2 aliphatic rings. The molecule has 0 fully saturated rings. The Bertz CT molecular complexity index is 1040. The molecule has 2 aliphatic heterocycles. The number of fused-ring (bicyclic) bond motifs is 1. The van der Waals surface area contributed by atoms with Gasteiger partial charge in [-0.15, -0.1) is 0 Å². The molecule has 0 amide bonds. The van der Waals surface area contributed by atoms with E-state index in [4.69, 9.17) is 9.40 Å². The van der Waals surface area contributed by atoms with E-state index in [1.165, 1.54) is 24.1 Å². The van der Waals surface area contributed by atoms with Gasteiger partial charge in [-0.05, 0) is 43.5 Å². The molecule has 0 unspecified atom stereocenters. The molecule has 3 aromatic rings. The second-order valence-electron chi connectivity index (χ2n) is 7.68. The Morgan fingerprint density at radius 1 is 1.03 bits per heavy atom.